The predicted molar refractivity (Wildman–Crippen MR) is 89.7 cm³/mol. The molecule has 0 saturated carbocycles. The molecule has 0 amide bonds. The molecule has 1 aliphatic rings. The number of allylic oxidation sites excluding steroid dienone is 4. The van der Waals surface area contributed by atoms with Gasteiger partial charge < -0.3 is 15.2 Å². The van der Waals surface area contributed by atoms with Gasteiger partial charge in [0.05, 0.1) is 17.9 Å². The van der Waals surface area contributed by atoms with E-state index in [0.717, 1.165) is 33.5 Å². The number of halogens is 1. The van der Waals surface area contributed by atoms with Crippen LogP contribution in [0.3, 0.4) is 0 Å². The number of aromatic carboxylic acids is 1. The van der Waals surface area contributed by atoms with Crippen LogP contribution in [0.4, 0.5) is 0 Å². The van der Waals surface area contributed by atoms with E-state index < -0.39 is 5.97 Å². The Kier molecular flexibility index (Phi) is 5.44. The van der Waals surface area contributed by atoms with E-state index in [1.807, 2.05) is 13.0 Å². The van der Waals surface area contributed by atoms with Gasteiger partial charge in [0.15, 0.2) is 0 Å². The molecule has 0 unspecified atom stereocenters. The average molecular weight is 364 g/mol. The second kappa shape index (κ2) is 7.31. The molecule has 1 aliphatic heterocycles. The van der Waals surface area contributed by atoms with Crippen LogP contribution in [-0.2, 0) is 11.3 Å². The number of carboxylic acids is 1. The quantitative estimate of drug-likeness (QED) is 0.830. The maximum absolute atomic E-state index is 11.0. The van der Waals surface area contributed by atoms with Crippen molar-refractivity contribution in [3.05, 3.63) is 69.6 Å². The van der Waals surface area contributed by atoms with Crippen LogP contribution in [0.15, 0.2) is 58.4 Å². The lowest BCUT2D eigenvalue weighted by Gasteiger charge is -2.11. The summed E-state index contributed by atoms with van der Waals surface area (Å²) in [4.78, 5) is 11.0. The van der Waals surface area contributed by atoms with Gasteiger partial charge in [-0.15, -0.1) is 0 Å². The third-order valence-corrected chi connectivity index (χ3v) is 4.21. The molecule has 0 radical (unpaired) electrons. The minimum Gasteiger partial charge on any atom is -0.491 e. The third kappa shape index (κ3) is 3.80. The van der Waals surface area contributed by atoms with E-state index >= 15 is 0 Å². The number of carbonyl (C=O) groups is 1. The molecule has 4 nitrogen and oxygen atoms in total. The Balaban J connectivity index is 2.14. The van der Waals surface area contributed by atoms with E-state index in [4.69, 9.17) is 9.84 Å². The summed E-state index contributed by atoms with van der Waals surface area (Å²) in [6, 6.07) is 6.89. The highest BCUT2D eigenvalue weighted by Crippen LogP contribution is 2.31. The van der Waals surface area contributed by atoms with E-state index in [9.17, 15) is 4.79 Å². The first-order valence-corrected chi connectivity index (χ1v) is 7.73. The van der Waals surface area contributed by atoms with Crippen LogP contribution >= 0.6 is 15.9 Å². The van der Waals surface area contributed by atoms with E-state index in [1.54, 1.807) is 24.3 Å². The first-order valence-electron chi connectivity index (χ1n) is 6.94. The van der Waals surface area contributed by atoms with Crippen LogP contribution in [0.25, 0.3) is 0 Å². The van der Waals surface area contributed by atoms with E-state index in [2.05, 4.69) is 27.8 Å². The zero-order valence-electron chi connectivity index (χ0n) is 12.4. The summed E-state index contributed by atoms with van der Waals surface area (Å²) in [6.07, 6.45) is 2.60. The van der Waals surface area contributed by atoms with Crippen molar-refractivity contribution >= 4 is 21.9 Å². The molecule has 1 heterocycles. The minimum absolute atomic E-state index is 0.289. The van der Waals surface area contributed by atoms with E-state index in [0.29, 0.717) is 13.2 Å². The van der Waals surface area contributed by atoms with Crippen molar-refractivity contribution in [2.75, 3.05) is 6.61 Å². The van der Waals surface area contributed by atoms with Gasteiger partial charge in [0.1, 0.15) is 5.76 Å². The Morgan fingerprint density at radius 2 is 2.32 bits per heavy atom. The smallest absolute Gasteiger partial charge is 0.335 e. The summed E-state index contributed by atoms with van der Waals surface area (Å²) in [6.45, 7) is 6.90. The monoisotopic (exact) mass is 363 g/mol. The molecule has 5 heteroatoms. The molecule has 0 aliphatic carbocycles. The predicted octanol–water partition coefficient (Wildman–Crippen LogP) is 3.96. The molecular formula is C17H18BrNO3. The number of rotatable bonds is 5. The Bertz CT molecular complexity index is 662. The second-order valence-electron chi connectivity index (χ2n) is 4.94. The lowest BCUT2D eigenvalue weighted by molar-refractivity contribution is 0.0696. The van der Waals surface area contributed by atoms with Gasteiger partial charge >= 0.3 is 5.97 Å². The van der Waals surface area contributed by atoms with Crippen LogP contribution in [0.2, 0.25) is 0 Å². The summed E-state index contributed by atoms with van der Waals surface area (Å²) >= 11 is 3.49. The Labute approximate surface area is 138 Å². The van der Waals surface area contributed by atoms with Crippen LogP contribution < -0.4 is 5.32 Å². The maximum atomic E-state index is 11.0. The number of carboxylic acid groups (broad SMARTS) is 1. The summed E-state index contributed by atoms with van der Waals surface area (Å²) < 4.78 is 6.63. The van der Waals surface area contributed by atoms with Gasteiger partial charge in [-0.25, -0.2) is 4.79 Å². The molecular weight excluding hydrogens is 346 g/mol. The Morgan fingerprint density at radius 3 is 3.00 bits per heavy atom. The lowest BCUT2D eigenvalue weighted by atomic mass is 10.1. The molecule has 1 aromatic rings. The summed E-state index contributed by atoms with van der Waals surface area (Å²) in [5.41, 5.74) is 3.22. The lowest BCUT2D eigenvalue weighted by Crippen LogP contribution is -2.13. The van der Waals surface area contributed by atoms with Crippen LogP contribution in [-0.4, -0.2) is 17.7 Å². The maximum Gasteiger partial charge on any atom is 0.335 e. The zero-order chi connectivity index (χ0) is 16.1. The molecule has 2 rings (SSSR count). The van der Waals surface area contributed by atoms with Crippen LogP contribution in [0, 0.1) is 0 Å². The molecule has 0 spiro atoms. The van der Waals surface area contributed by atoms with Crippen LogP contribution in [0.1, 0.15) is 29.3 Å². The average Bonchev–Trinajstić information content (AvgIpc) is 3.01. The molecule has 1 aromatic carbocycles. The molecule has 0 atom stereocenters. The minimum atomic E-state index is -0.920. The van der Waals surface area contributed by atoms with Crippen molar-refractivity contribution < 1.29 is 14.6 Å². The molecule has 0 bridgehead atoms. The number of hydrogen-bond acceptors (Lipinski definition) is 3. The standard InChI is InChI=1S/C17H18BrNO3/c1-3-15(18)14-7-8-22-16(14)11(2)19-10-12-5-4-6-13(9-12)17(20)21/h3-6,9,19H,1,7-8,10H2,2H3,(H,20,21)/b15-14+,16-11-. The van der Waals surface area contributed by atoms with Crippen LogP contribution in [0.5, 0.6) is 0 Å². The molecule has 1 fully saturated rings. The molecule has 1 saturated heterocycles. The third-order valence-electron chi connectivity index (χ3n) is 3.41. The van der Waals surface area contributed by atoms with Crippen molar-refractivity contribution in [3.63, 3.8) is 0 Å². The fraction of sp³-hybridized carbons (Fsp3) is 0.235. The van der Waals surface area contributed by atoms with Crippen molar-refractivity contribution in [2.45, 2.75) is 19.9 Å². The van der Waals surface area contributed by atoms with Gasteiger partial charge in [0, 0.05) is 23.0 Å². The van der Waals surface area contributed by atoms with Gasteiger partial charge in [-0.2, -0.15) is 0 Å². The van der Waals surface area contributed by atoms with Crippen molar-refractivity contribution in [1.82, 2.24) is 5.32 Å². The number of benzene rings is 1. The summed E-state index contributed by atoms with van der Waals surface area (Å²) in [7, 11) is 0. The van der Waals surface area contributed by atoms with Gasteiger partial charge in [-0.05, 0) is 24.6 Å². The number of hydrogen-bond donors (Lipinski definition) is 2. The van der Waals surface area contributed by atoms with Gasteiger partial charge in [0.25, 0.3) is 0 Å². The Morgan fingerprint density at radius 1 is 1.55 bits per heavy atom. The Hall–Kier alpha value is -2.01. The van der Waals surface area contributed by atoms with Crippen molar-refractivity contribution in [1.29, 1.82) is 0 Å². The first kappa shape index (κ1) is 16.4. The van der Waals surface area contributed by atoms with Gasteiger partial charge in [-0.1, -0.05) is 40.7 Å². The summed E-state index contributed by atoms with van der Waals surface area (Å²) in [5, 5.41) is 12.3. The van der Waals surface area contributed by atoms with Gasteiger partial charge in [-0.3, -0.25) is 0 Å². The van der Waals surface area contributed by atoms with Crippen molar-refractivity contribution in [3.8, 4) is 0 Å². The highest BCUT2D eigenvalue weighted by molar-refractivity contribution is 9.11. The normalized spacial score (nSPS) is 18.5. The largest absolute Gasteiger partial charge is 0.491 e. The van der Waals surface area contributed by atoms with Gasteiger partial charge in [0.2, 0.25) is 0 Å². The van der Waals surface area contributed by atoms with E-state index in [1.165, 1.54) is 0 Å². The molecule has 2 N–H and O–H groups in total. The second-order valence-corrected chi connectivity index (χ2v) is 5.80. The molecule has 116 valence electrons. The summed E-state index contributed by atoms with van der Waals surface area (Å²) in [5.74, 6) is -0.0858. The van der Waals surface area contributed by atoms with E-state index in [-0.39, 0.29) is 5.56 Å². The molecule has 22 heavy (non-hydrogen) atoms. The highest BCUT2D eigenvalue weighted by atomic mass is 79.9. The SMILES string of the molecule is C=C/C(Br)=C1/CCO/C1=C(/C)NCc1cccc(C(=O)O)c1. The fourth-order valence-electron chi connectivity index (χ4n) is 2.27. The number of ether oxygens (including phenoxy) is 1. The molecule has 0 aromatic heterocycles. The zero-order valence-corrected chi connectivity index (χ0v) is 13.9. The first-order chi connectivity index (χ1) is 10.5. The highest BCUT2D eigenvalue weighted by Gasteiger charge is 2.20. The number of nitrogens with one attached hydrogen (secondary N) is 1. The topological polar surface area (TPSA) is 58.6 Å². The fourth-order valence-corrected chi connectivity index (χ4v) is 2.65. The van der Waals surface area contributed by atoms with Crippen molar-refractivity contribution in [2.24, 2.45) is 0 Å².